The first kappa shape index (κ1) is 12.6. The maximum Gasteiger partial charge on any atom is 0.0733 e. The van der Waals surface area contributed by atoms with Crippen LogP contribution in [0.2, 0.25) is 0 Å². The molecule has 19 heavy (non-hydrogen) atoms. The summed E-state index contributed by atoms with van der Waals surface area (Å²) in [5.74, 6) is 0.776. The molecule has 100 valence electrons. The summed E-state index contributed by atoms with van der Waals surface area (Å²) in [5, 5.41) is 4.81. The molecule has 2 heteroatoms. The third-order valence-corrected chi connectivity index (χ3v) is 4.25. The van der Waals surface area contributed by atoms with Gasteiger partial charge in [-0.2, -0.15) is 0 Å². The van der Waals surface area contributed by atoms with Gasteiger partial charge in [0.1, 0.15) is 0 Å². The van der Waals surface area contributed by atoms with Gasteiger partial charge in [-0.1, -0.05) is 12.1 Å². The highest BCUT2D eigenvalue weighted by Crippen LogP contribution is 2.23. The summed E-state index contributed by atoms with van der Waals surface area (Å²) in [6.07, 6.45) is 5.88. The summed E-state index contributed by atoms with van der Waals surface area (Å²) >= 11 is 0. The number of aromatic nitrogens is 1. The molecule has 1 aliphatic rings. The molecular formula is C17H22N2. The number of nitrogens with zero attached hydrogens (tertiary/aromatic N) is 1. The Balaban J connectivity index is 1.90. The van der Waals surface area contributed by atoms with E-state index in [9.17, 15) is 0 Å². The van der Waals surface area contributed by atoms with Gasteiger partial charge in [-0.3, -0.25) is 4.98 Å². The Hall–Kier alpha value is -1.41. The smallest absolute Gasteiger partial charge is 0.0733 e. The van der Waals surface area contributed by atoms with E-state index in [1.165, 1.54) is 41.5 Å². The normalized spacial score (nSPS) is 19.8. The third-order valence-electron chi connectivity index (χ3n) is 4.25. The summed E-state index contributed by atoms with van der Waals surface area (Å²) in [7, 11) is 0. The number of aryl methyl sites for hydroxylation is 2. The van der Waals surface area contributed by atoms with E-state index >= 15 is 0 Å². The second-order valence-corrected chi connectivity index (χ2v) is 5.86. The van der Waals surface area contributed by atoms with Crippen molar-refractivity contribution in [3.63, 3.8) is 0 Å². The lowest BCUT2D eigenvalue weighted by molar-refractivity contribution is 0.376. The van der Waals surface area contributed by atoms with Gasteiger partial charge in [0.05, 0.1) is 5.52 Å². The molecule has 1 aliphatic heterocycles. The van der Waals surface area contributed by atoms with Crippen LogP contribution in [0.15, 0.2) is 24.4 Å². The summed E-state index contributed by atoms with van der Waals surface area (Å²) in [6.45, 7) is 6.66. The molecule has 1 N–H and O–H groups in total. The van der Waals surface area contributed by atoms with Crippen molar-refractivity contribution >= 4 is 10.9 Å². The number of pyridine rings is 1. The number of nitrogens with one attached hydrogen (secondary N) is 1. The molecule has 1 saturated heterocycles. The van der Waals surface area contributed by atoms with Crippen molar-refractivity contribution in [2.75, 3.05) is 13.1 Å². The van der Waals surface area contributed by atoms with Crippen LogP contribution in [-0.2, 0) is 6.42 Å². The van der Waals surface area contributed by atoms with E-state index in [1.54, 1.807) is 0 Å². The minimum atomic E-state index is 0.776. The summed E-state index contributed by atoms with van der Waals surface area (Å²) in [6, 6.07) is 6.71. The summed E-state index contributed by atoms with van der Waals surface area (Å²) in [4.78, 5) is 4.69. The molecule has 2 aromatic rings. The molecule has 0 aliphatic carbocycles. The Bertz CT molecular complexity index is 583. The Morgan fingerprint density at radius 1 is 1.26 bits per heavy atom. The fourth-order valence-corrected chi connectivity index (χ4v) is 3.08. The minimum absolute atomic E-state index is 0.776. The number of piperidine rings is 1. The van der Waals surface area contributed by atoms with Crippen molar-refractivity contribution in [2.24, 2.45) is 5.92 Å². The van der Waals surface area contributed by atoms with Gasteiger partial charge >= 0.3 is 0 Å². The number of hydrogen-bond donors (Lipinski definition) is 1. The van der Waals surface area contributed by atoms with Crippen LogP contribution >= 0.6 is 0 Å². The van der Waals surface area contributed by atoms with Gasteiger partial charge in [-0.05, 0) is 74.9 Å². The van der Waals surface area contributed by atoms with Gasteiger partial charge in [0, 0.05) is 11.6 Å². The van der Waals surface area contributed by atoms with Crippen LogP contribution in [0, 0.1) is 19.8 Å². The number of hydrogen-bond acceptors (Lipinski definition) is 2. The van der Waals surface area contributed by atoms with Crippen molar-refractivity contribution in [2.45, 2.75) is 33.1 Å². The molecule has 0 saturated carbocycles. The van der Waals surface area contributed by atoms with Crippen LogP contribution in [0.5, 0.6) is 0 Å². The van der Waals surface area contributed by atoms with Crippen LogP contribution in [0.3, 0.4) is 0 Å². The van der Waals surface area contributed by atoms with Crippen LogP contribution in [0.4, 0.5) is 0 Å². The Morgan fingerprint density at radius 2 is 2.11 bits per heavy atom. The van der Waals surface area contributed by atoms with Gasteiger partial charge in [0.25, 0.3) is 0 Å². The maximum atomic E-state index is 4.69. The van der Waals surface area contributed by atoms with Crippen molar-refractivity contribution in [3.05, 3.63) is 41.1 Å². The molecule has 0 spiro atoms. The van der Waals surface area contributed by atoms with Crippen LogP contribution in [0.25, 0.3) is 10.9 Å². The highest BCUT2D eigenvalue weighted by atomic mass is 14.9. The van der Waals surface area contributed by atoms with E-state index in [2.05, 4.69) is 48.5 Å². The first-order valence-electron chi connectivity index (χ1n) is 7.29. The molecule has 1 fully saturated rings. The topological polar surface area (TPSA) is 24.9 Å². The summed E-state index contributed by atoms with van der Waals surface area (Å²) < 4.78 is 0. The van der Waals surface area contributed by atoms with E-state index in [1.807, 2.05) is 0 Å². The molecule has 2 heterocycles. The predicted molar refractivity (Wildman–Crippen MR) is 80.5 cm³/mol. The second kappa shape index (κ2) is 5.30. The zero-order valence-electron chi connectivity index (χ0n) is 11.9. The van der Waals surface area contributed by atoms with E-state index in [4.69, 9.17) is 0 Å². The Kier molecular flexibility index (Phi) is 3.52. The quantitative estimate of drug-likeness (QED) is 0.888. The lowest BCUT2D eigenvalue weighted by Gasteiger charge is -2.22. The van der Waals surface area contributed by atoms with Gasteiger partial charge in [-0.15, -0.1) is 0 Å². The highest BCUT2D eigenvalue weighted by molar-refractivity contribution is 5.85. The molecular weight excluding hydrogens is 232 g/mol. The highest BCUT2D eigenvalue weighted by Gasteiger charge is 2.14. The van der Waals surface area contributed by atoms with Crippen molar-refractivity contribution < 1.29 is 0 Å². The molecule has 1 atom stereocenters. The van der Waals surface area contributed by atoms with E-state index in [0.717, 1.165) is 24.4 Å². The molecule has 1 aromatic carbocycles. The van der Waals surface area contributed by atoms with Crippen molar-refractivity contribution in [1.82, 2.24) is 10.3 Å². The van der Waals surface area contributed by atoms with Crippen molar-refractivity contribution in [3.8, 4) is 0 Å². The Labute approximate surface area is 115 Å². The van der Waals surface area contributed by atoms with Crippen LogP contribution in [0.1, 0.15) is 29.5 Å². The van der Waals surface area contributed by atoms with Crippen LogP contribution < -0.4 is 5.32 Å². The average molecular weight is 254 g/mol. The average Bonchev–Trinajstić information content (AvgIpc) is 2.44. The molecule has 0 radical (unpaired) electrons. The minimum Gasteiger partial charge on any atom is -0.316 e. The lowest BCUT2D eigenvalue weighted by atomic mass is 9.92. The van der Waals surface area contributed by atoms with E-state index in [-0.39, 0.29) is 0 Å². The zero-order chi connectivity index (χ0) is 13.2. The van der Waals surface area contributed by atoms with E-state index in [0.29, 0.717) is 0 Å². The standard InChI is InChI=1S/C17H22N2/c1-12-5-6-13(2)17-16(12)9-15(11-19-17)8-14-4-3-7-18-10-14/h5-6,9,11,14,18H,3-4,7-8,10H2,1-2H3. The van der Waals surface area contributed by atoms with Crippen LogP contribution in [-0.4, -0.2) is 18.1 Å². The molecule has 0 bridgehead atoms. The zero-order valence-corrected chi connectivity index (χ0v) is 11.9. The molecule has 3 rings (SSSR count). The lowest BCUT2D eigenvalue weighted by Crippen LogP contribution is -2.30. The summed E-state index contributed by atoms with van der Waals surface area (Å²) in [5.41, 5.74) is 5.14. The number of benzene rings is 1. The fourth-order valence-electron chi connectivity index (χ4n) is 3.08. The monoisotopic (exact) mass is 254 g/mol. The molecule has 2 nitrogen and oxygen atoms in total. The maximum absolute atomic E-state index is 4.69. The predicted octanol–water partition coefficient (Wildman–Crippen LogP) is 3.39. The number of rotatable bonds is 2. The fraction of sp³-hybridized carbons (Fsp3) is 0.471. The first-order valence-corrected chi connectivity index (χ1v) is 7.29. The van der Waals surface area contributed by atoms with Gasteiger partial charge in [0.2, 0.25) is 0 Å². The van der Waals surface area contributed by atoms with Gasteiger partial charge < -0.3 is 5.32 Å². The second-order valence-electron chi connectivity index (χ2n) is 5.86. The van der Waals surface area contributed by atoms with Crippen molar-refractivity contribution in [1.29, 1.82) is 0 Å². The molecule has 0 amide bonds. The van der Waals surface area contributed by atoms with Gasteiger partial charge in [-0.25, -0.2) is 0 Å². The third kappa shape index (κ3) is 2.64. The van der Waals surface area contributed by atoms with E-state index < -0.39 is 0 Å². The van der Waals surface area contributed by atoms with Gasteiger partial charge in [0.15, 0.2) is 0 Å². The number of fused-ring (bicyclic) bond motifs is 1. The Morgan fingerprint density at radius 3 is 2.89 bits per heavy atom. The first-order chi connectivity index (χ1) is 9.24. The largest absolute Gasteiger partial charge is 0.316 e. The SMILES string of the molecule is Cc1ccc(C)c2ncc(CC3CCCNC3)cc12. The molecule has 1 unspecified atom stereocenters. The molecule has 1 aromatic heterocycles.